The van der Waals surface area contributed by atoms with Gasteiger partial charge in [0.25, 0.3) is 5.91 Å². The van der Waals surface area contributed by atoms with Crippen molar-refractivity contribution < 1.29 is 9.53 Å². The molecule has 0 bridgehead atoms. The first kappa shape index (κ1) is 16.5. The van der Waals surface area contributed by atoms with Crippen molar-refractivity contribution in [1.29, 1.82) is 0 Å². The van der Waals surface area contributed by atoms with Gasteiger partial charge in [0.15, 0.2) is 6.61 Å². The van der Waals surface area contributed by atoms with Gasteiger partial charge >= 0.3 is 0 Å². The van der Waals surface area contributed by atoms with Gasteiger partial charge in [-0.25, -0.2) is 0 Å². The maximum absolute atomic E-state index is 11.5. The number of hydrogen-bond acceptors (Lipinski definition) is 3. The van der Waals surface area contributed by atoms with E-state index in [4.69, 9.17) is 4.74 Å². The van der Waals surface area contributed by atoms with E-state index in [9.17, 15) is 4.79 Å². The molecule has 0 saturated carbocycles. The molecule has 112 valence electrons. The third kappa shape index (κ3) is 7.14. The predicted octanol–water partition coefficient (Wildman–Crippen LogP) is 2.34. The van der Waals surface area contributed by atoms with Crippen LogP contribution in [0.2, 0.25) is 0 Å². The highest BCUT2D eigenvalue weighted by Crippen LogP contribution is 2.11. The summed E-state index contributed by atoms with van der Waals surface area (Å²) < 4.78 is 5.45. The number of rotatable bonds is 9. The summed E-state index contributed by atoms with van der Waals surface area (Å²) in [6.07, 6.45) is 1.13. The zero-order chi connectivity index (χ0) is 14.8. The van der Waals surface area contributed by atoms with Crippen molar-refractivity contribution >= 4 is 5.91 Å². The Kier molecular flexibility index (Phi) is 7.73. The SMILES string of the molecule is CCCNCc1ccc(OCC(=O)NCC(C)C)cc1. The number of benzene rings is 1. The van der Waals surface area contributed by atoms with Gasteiger partial charge in [-0.15, -0.1) is 0 Å². The van der Waals surface area contributed by atoms with E-state index in [0.717, 1.165) is 25.3 Å². The Bertz CT molecular complexity index is 388. The minimum atomic E-state index is -0.0765. The third-order valence-electron chi connectivity index (χ3n) is 2.76. The van der Waals surface area contributed by atoms with E-state index in [-0.39, 0.29) is 12.5 Å². The molecule has 0 radical (unpaired) electrons. The zero-order valence-corrected chi connectivity index (χ0v) is 12.7. The molecule has 1 aromatic rings. The summed E-state index contributed by atoms with van der Waals surface area (Å²) in [5.41, 5.74) is 1.22. The molecule has 4 nitrogen and oxygen atoms in total. The molecule has 0 unspecified atom stereocenters. The first-order chi connectivity index (χ1) is 9.61. The largest absolute Gasteiger partial charge is 0.484 e. The molecule has 0 heterocycles. The molecular formula is C16H26N2O2. The van der Waals surface area contributed by atoms with Crippen LogP contribution in [0, 0.1) is 5.92 Å². The van der Waals surface area contributed by atoms with Gasteiger partial charge in [0.05, 0.1) is 0 Å². The second-order valence-corrected chi connectivity index (χ2v) is 5.31. The average molecular weight is 278 g/mol. The maximum atomic E-state index is 11.5. The first-order valence-electron chi connectivity index (χ1n) is 7.31. The Morgan fingerprint density at radius 3 is 2.55 bits per heavy atom. The van der Waals surface area contributed by atoms with Crippen molar-refractivity contribution in [2.75, 3.05) is 19.7 Å². The number of amides is 1. The van der Waals surface area contributed by atoms with E-state index in [1.54, 1.807) is 0 Å². The smallest absolute Gasteiger partial charge is 0.257 e. The van der Waals surface area contributed by atoms with Gasteiger partial charge in [-0.05, 0) is 36.6 Å². The number of hydrogen-bond donors (Lipinski definition) is 2. The fourth-order valence-electron chi connectivity index (χ4n) is 1.63. The highest BCUT2D eigenvalue weighted by Gasteiger charge is 2.03. The summed E-state index contributed by atoms with van der Waals surface area (Å²) in [4.78, 5) is 11.5. The van der Waals surface area contributed by atoms with Crippen LogP contribution < -0.4 is 15.4 Å². The molecule has 0 atom stereocenters. The molecule has 0 aliphatic rings. The van der Waals surface area contributed by atoms with Crippen molar-refractivity contribution in [2.24, 2.45) is 5.92 Å². The van der Waals surface area contributed by atoms with Crippen molar-refractivity contribution in [3.63, 3.8) is 0 Å². The molecule has 1 amide bonds. The minimum Gasteiger partial charge on any atom is -0.484 e. The van der Waals surface area contributed by atoms with Crippen LogP contribution in [-0.4, -0.2) is 25.6 Å². The zero-order valence-electron chi connectivity index (χ0n) is 12.7. The number of nitrogens with one attached hydrogen (secondary N) is 2. The summed E-state index contributed by atoms with van der Waals surface area (Å²) in [6.45, 7) is 8.91. The van der Waals surface area contributed by atoms with Crippen LogP contribution in [0.15, 0.2) is 24.3 Å². The summed E-state index contributed by atoms with van der Waals surface area (Å²) >= 11 is 0. The summed E-state index contributed by atoms with van der Waals surface area (Å²) in [7, 11) is 0. The second-order valence-electron chi connectivity index (χ2n) is 5.31. The van der Waals surface area contributed by atoms with E-state index < -0.39 is 0 Å². The molecule has 0 aromatic heterocycles. The Hall–Kier alpha value is -1.55. The fraction of sp³-hybridized carbons (Fsp3) is 0.562. The standard InChI is InChI=1S/C16H26N2O2/c1-4-9-17-11-14-5-7-15(8-6-14)20-12-16(19)18-10-13(2)3/h5-8,13,17H,4,9-12H2,1-3H3,(H,18,19). The van der Waals surface area contributed by atoms with Crippen LogP contribution in [0.4, 0.5) is 0 Å². The van der Waals surface area contributed by atoms with Gasteiger partial charge in [-0.1, -0.05) is 32.9 Å². The lowest BCUT2D eigenvalue weighted by molar-refractivity contribution is -0.123. The first-order valence-corrected chi connectivity index (χ1v) is 7.31. The van der Waals surface area contributed by atoms with E-state index in [2.05, 4.69) is 31.4 Å². The van der Waals surface area contributed by atoms with Crippen LogP contribution in [0.3, 0.4) is 0 Å². The molecule has 2 N–H and O–H groups in total. The molecule has 0 spiro atoms. The Labute approximate surface area is 121 Å². The lowest BCUT2D eigenvalue weighted by Gasteiger charge is -2.09. The van der Waals surface area contributed by atoms with Crippen molar-refractivity contribution in [1.82, 2.24) is 10.6 Å². The number of carbonyl (C=O) groups is 1. The predicted molar refractivity (Wildman–Crippen MR) is 81.8 cm³/mol. The molecule has 0 fully saturated rings. The third-order valence-corrected chi connectivity index (χ3v) is 2.76. The van der Waals surface area contributed by atoms with E-state index in [0.29, 0.717) is 12.5 Å². The highest BCUT2D eigenvalue weighted by molar-refractivity contribution is 5.77. The molecule has 1 rings (SSSR count). The molecular weight excluding hydrogens is 252 g/mol. The lowest BCUT2D eigenvalue weighted by Crippen LogP contribution is -2.31. The van der Waals surface area contributed by atoms with Crippen molar-refractivity contribution in [3.8, 4) is 5.75 Å². The lowest BCUT2D eigenvalue weighted by atomic mass is 10.2. The molecule has 0 aliphatic heterocycles. The van der Waals surface area contributed by atoms with E-state index in [1.807, 2.05) is 24.3 Å². The van der Waals surface area contributed by atoms with Gasteiger partial charge < -0.3 is 15.4 Å². The van der Waals surface area contributed by atoms with Gasteiger partial charge in [-0.3, -0.25) is 4.79 Å². The number of carbonyl (C=O) groups excluding carboxylic acids is 1. The summed E-state index contributed by atoms with van der Waals surface area (Å²) in [5, 5.41) is 6.17. The Morgan fingerprint density at radius 1 is 1.25 bits per heavy atom. The topological polar surface area (TPSA) is 50.4 Å². The second kappa shape index (κ2) is 9.37. The fourth-order valence-corrected chi connectivity index (χ4v) is 1.63. The minimum absolute atomic E-state index is 0.0696. The van der Waals surface area contributed by atoms with Crippen LogP contribution in [0.1, 0.15) is 32.8 Å². The van der Waals surface area contributed by atoms with Crippen LogP contribution >= 0.6 is 0 Å². The van der Waals surface area contributed by atoms with Crippen LogP contribution in [-0.2, 0) is 11.3 Å². The van der Waals surface area contributed by atoms with Crippen molar-refractivity contribution in [3.05, 3.63) is 29.8 Å². The van der Waals surface area contributed by atoms with Gasteiger partial charge in [0, 0.05) is 13.1 Å². The van der Waals surface area contributed by atoms with Crippen molar-refractivity contribution in [2.45, 2.75) is 33.7 Å². The maximum Gasteiger partial charge on any atom is 0.257 e. The molecule has 20 heavy (non-hydrogen) atoms. The monoisotopic (exact) mass is 278 g/mol. The summed E-state index contributed by atoms with van der Waals surface area (Å²) in [5.74, 6) is 1.10. The van der Waals surface area contributed by atoms with Gasteiger partial charge in [0.1, 0.15) is 5.75 Å². The van der Waals surface area contributed by atoms with Gasteiger partial charge in [0.2, 0.25) is 0 Å². The Balaban J connectivity index is 2.28. The summed E-state index contributed by atoms with van der Waals surface area (Å²) in [6, 6.07) is 7.84. The number of ether oxygens (including phenoxy) is 1. The quantitative estimate of drug-likeness (QED) is 0.682. The normalized spacial score (nSPS) is 10.6. The van der Waals surface area contributed by atoms with E-state index in [1.165, 1.54) is 5.56 Å². The molecule has 0 aliphatic carbocycles. The van der Waals surface area contributed by atoms with Gasteiger partial charge in [-0.2, -0.15) is 0 Å². The molecule has 0 saturated heterocycles. The molecule has 1 aromatic carbocycles. The van der Waals surface area contributed by atoms with Crippen LogP contribution in [0.5, 0.6) is 5.75 Å². The highest BCUT2D eigenvalue weighted by atomic mass is 16.5. The van der Waals surface area contributed by atoms with E-state index >= 15 is 0 Å². The Morgan fingerprint density at radius 2 is 1.95 bits per heavy atom. The average Bonchev–Trinajstić information content (AvgIpc) is 2.44. The molecule has 4 heteroatoms. The van der Waals surface area contributed by atoms with Crippen LogP contribution in [0.25, 0.3) is 0 Å².